The molecule has 0 spiro atoms. The van der Waals surface area contributed by atoms with Gasteiger partial charge in [-0.1, -0.05) is 38.1 Å². The maximum absolute atomic E-state index is 12.0. The second-order valence-electron chi connectivity index (χ2n) is 4.63. The molecule has 0 atom stereocenters. The molecule has 1 heterocycles. The summed E-state index contributed by atoms with van der Waals surface area (Å²) in [6.45, 7) is 4.34. The molecular formula is C15H15BrOS. The number of hydrogen-bond acceptors (Lipinski definition) is 2. The molecule has 1 aromatic heterocycles. The number of Topliss-reactive ketones (excluding diaryl/α,β-unsaturated/α-hetero) is 1. The van der Waals surface area contributed by atoms with E-state index in [1.54, 1.807) is 0 Å². The van der Waals surface area contributed by atoms with Crippen LogP contribution in [0.1, 0.15) is 40.6 Å². The van der Waals surface area contributed by atoms with Gasteiger partial charge in [-0.05, 0) is 39.0 Å². The van der Waals surface area contributed by atoms with Crippen LogP contribution in [-0.4, -0.2) is 5.78 Å². The average molecular weight is 323 g/mol. The van der Waals surface area contributed by atoms with Crippen molar-refractivity contribution in [2.75, 3.05) is 0 Å². The zero-order chi connectivity index (χ0) is 13.1. The lowest BCUT2D eigenvalue weighted by Gasteiger charge is -2.06. The standard InChI is InChI=1S/C15H15BrOS/c1-10(2)12-5-3-11(4-6-12)7-14(17)15-8-13(16)9-18-15/h3-6,8-10H,7H2,1-2H3. The van der Waals surface area contributed by atoms with Gasteiger partial charge < -0.3 is 0 Å². The lowest BCUT2D eigenvalue weighted by atomic mass is 10.00. The van der Waals surface area contributed by atoms with Crippen LogP contribution in [0.15, 0.2) is 40.2 Å². The van der Waals surface area contributed by atoms with Gasteiger partial charge in [0.05, 0.1) is 4.88 Å². The van der Waals surface area contributed by atoms with E-state index in [0.29, 0.717) is 12.3 Å². The van der Waals surface area contributed by atoms with E-state index >= 15 is 0 Å². The number of ketones is 1. The van der Waals surface area contributed by atoms with E-state index in [1.165, 1.54) is 16.9 Å². The minimum absolute atomic E-state index is 0.183. The number of rotatable bonds is 4. The summed E-state index contributed by atoms with van der Waals surface area (Å²) < 4.78 is 0.978. The highest BCUT2D eigenvalue weighted by molar-refractivity contribution is 9.10. The van der Waals surface area contributed by atoms with E-state index in [-0.39, 0.29) is 5.78 Å². The zero-order valence-electron chi connectivity index (χ0n) is 10.4. The number of thiophene rings is 1. The molecule has 1 nitrogen and oxygen atoms in total. The molecule has 0 amide bonds. The first-order valence-corrected chi connectivity index (χ1v) is 7.59. The quantitative estimate of drug-likeness (QED) is 0.719. The normalized spacial score (nSPS) is 10.9. The summed E-state index contributed by atoms with van der Waals surface area (Å²) in [5.74, 6) is 0.714. The van der Waals surface area contributed by atoms with Crippen molar-refractivity contribution in [3.63, 3.8) is 0 Å². The summed E-state index contributed by atoms with van der Waals surface area (Å²) >= 11 is 4.86. The van der Waals surface area contributed by atoms with Crippen LogP contribution in [0.3, 0.4) is 0 Å². The van der Waals surface area contributed by atoms with Gasteiger partial charge in [-0.15, -0.1) is 11.3 Å². The van der Waals surface area contributed by atoms with Crippen molar-refractivity contribution in [2.45, 2.75) is 26.2 Å². The molecule has 0 unspecified atom stereocenters. The van der Waals surface area contributed by atoms with Crippen LogP contribution in [0.2, 0.25) is 0 Å². The van der Waals surface area contributed by atoms with Gasteiger partial charge in [0.25, 0.3) is 0 Å². The van der Waals surface area contributed by atoms with Crippen molar-refractivity contribution in [3.8, 4) is 0 Å². The Hall–Kier alpha value is -0.930. The van der Waals surface area contributed by atoms with Crippen molar-refractivity contribution in [1.29, 1.82) is 0 Å². The number of halogens is 1. The molecule has 94 valence electrons. The third-order valence-corrected chi connectivity index (χ3v) is 4.59. The Morgan fingerprint density at radius 1 is 1.28 bits per heavy atom. The fraction of sp³-hybridized carbons (Fsp3) is 0.267. The Labute approximate surface area is 120 Å². The summed E-state index contributed by atoms with van der Waals surface area (Å²) in [4.78, 5) is 12.9. The second kappa shape index (κ2) is 5.81. The number of carbonyl (C=O) groups excluding carboxylic acids is 1. The Balaban J connectivity index is 2.07. The SMILES string of the molecule is CC(C)c1ccc(CC(=O)c2cc(Br)cs2)cc1. The topological polar surface area (TPSA) is 17.1 Å². The summed E-state index contributed by atoms with van der Waals surface area (Å²) in [5.41, 5.74) is 2.39. The smallest absolute Gasteiger partial charge is 0.177 e. The van der Waals surface area contributed by atoms with Gasteiger partial charge >= 0.3 is 0 Å². The first kappa shape index (κ1) is 13.5. The Morgan fingerprint density at radius 3 is 2.44 bits per heavy atom. The summed E-state index contributed by atoms with van der Waals surface area (Å²) in [7, 11) is 0. The molecule has 0 aliphatic carbocycles. The van der Waals surface area contributed by atoms with Crippen LogP contribution < -0.4 is 0 Å². The molecule has 0 saturated heterocycles. The minimum atomic E-state index is 0.183. The van der Waals surface area contributed by atoms with Crippen molar-refractivity contribution in [1.82, 2.24) is 0 Å². The number of benzene rings is 1. The maximum Gasteiger partial charge on any atom is 0.177 e. The highest BCUT2D eigenvalue weighted by Crippen LogP contribution is 2.22. The molecule has 2 rings (SSSR count). The highest BCUT2D eigenvalue weighted by Gasteiger charge is 2.09. The fourth-order valence-corrected chi connectivity index (χ4v) is 3.12. The molecular weight excluding hydrogens is 308 g/mol. The summed E-state index contributed by atoms with van der Waals surface area (Å²) in [6.07, 6.45) is 0.478. The van der Waals surface area contributed by atoms with Crippen LogP contribution in [0.4, 0.5) is 0 Å². The monoisotopic (exact) mass is 322 g/mol. The lowest BCUT2D eigenvalue weighted by molar-refractivity contribution is 0.0997. The van der Waals surface area contributed by atoms with E-state index in [0.717, 1.165) is 14.9 Å². The molecule has 0 radical (unpaired) electrons. The van der Waals surface area contributed by atoms with Gasteiger partial charge in [-0.3, -0.25) is 4.79 Å². The second-order valence-corrected chi connectivity index (χ2v) is 6.45. The van der Waals surface area contributed by atoms with Crippen LogP contribution >= 0.6 is 27.3 Å². The van der Waals surface area contributed by atoms with Crippen LogP contribution in [0.5, 0.6) is 0 Å². The van der Waals surface area contributed by atoms with E-state index in [9.17, 15) is 4.79 Å². The fourth-order valence-electron chi connectivity index (χ4n) is 1.75. The molecule has 0 aliphatic heterocycles. The Bertz CT molecular complexity index is 540. The Morgan fingerprint density at radius 2 is 1.94 bits per heavy atom. The predicted molar refractivity (Wildman–Crippen MR) is 80.6 cm³/mol. The van der Waals surface area contributed by atoms with E-state index in [1.807, 2.05) is 11.4 Å². The Kier molecular flexibility index (Phi) is 4.36. The molecule has 0 N–H and O–H groups in total. The van der Waals surface area contributed by atoms with Crippen LogP contribution in [0.25, 0.3) is 0 Å². The van der Waals surface area contributed by atoms with Crippen molar-refractivity contribution >= 4 is 33.0 Å². The van der Waals surface area contributed by atoms with E-state index < -0.39 is 0 Å². The van der Waals surface area contributed by atoms with E-state index in [4.69, 9.17) is 0 Å². The largest absolute Gasteiger partial charge is 0.293 e. The first-order chi connectivity index (χ1) is 8.56. The first-order valence-electron chi connectivity index (χ1n) is 5.92. The predicted octanol–water partition coefficient (Wildman–Crippen LogP) is 5.06. The lowest BCUT2D eigenvalue weighted by Crippen LogP contribution is -2.01. The van der Waals surface area contributed by atoms with Crippen LogP contribution in [0, 0.1) is 0 Å². The number of hydrogen-bond donors (Lipinski definition) is 0. The van der Waals surface area contributed by atoms with E-state index in [2.05, 4.69) is 54.0 Å². The van der Waals surface area contributed by atoms with Gasteiger partial charge in [0.2, 0.25) is 0 Å². The molecule has 1 aromatic carbocycles. The third kappa shape index (κ3) is 3.30. The highest BCUT2D eigenvalue weighted by atomic mass is 79.9. The third-order valence-electron chi connectivity index (χ3n) is 2.85. The van der Waals surface area contributed by atoms with Crippen molar-refractivity contribution in [3.05, 3.63) is 56.2 Å². The summed E-state index contributed by atoms with van der Waals surface area (Å²) in [6, 6.07) is 10.2. The van der Waals surface area contributed by atoms with Gasteiger partial charge in [0, 0.05) is 16.3 Å². The number of carbonyl (C=O) groups is 1. The summed E-state index contributed by atoms with van der Waals surface area (Å²) in [5, 5.41) is 1.94. The molecule has 0 bridgehead atoms. The molecule has 2 aromatic rings. The van der Waals surface area contributed by atoms with Gasteiger partial charge in [-0.25, -0.2) is 0 Å². The molecule has 18 heavy (non-hydrogen) atoms. The maximum atomic E-state index is 12.0. The average Bonchev–Trinajstić information content (AvgIpc) is 2.76. The van der Waals surface area contributed by atoms with Gasteiger partial charge in [-0.2, -0.15) is 0 Å². The van der Waals surface area contributed by atoms with Gasteiger partial charge in [0.15, 0.2) is 5.78 Å². The van der Waals surface area contributed by atoms with Gasteiger partial charge in [0.1, 0.15) is 0 Å². The van der Waals surface area contributed by atoms with Crippen LogP contribution in [-0.2, 0) is 6.42 Å². The van der Waals surface area contributed by atoms with Crippen molar-refractivity contribution in [2.24, 2.45) is 0 Å². The molecule has 0 saturated carbocycles. The minimum Gasteiger partial charge on any atom is -0.293 e. The van der Waals surface area contributed by atoms with Crippen molar-refractivity contribution < 1.29 is 4.79 Å². The molecule has 3 heteroatoms. The molecule has 0 fully saturated rings. The zero-order valence-corrected chi connectivity index (χ0v) is 12.8. The molecule has 0 aliphatic rings.